The molecule has 5 nitrogen and oxygen atoms in total. The summed E-state index contributed by atoms with van der Waals surface area (Å²) in [6.07, 6.45) is -10.8. The number of nitrogens with zero attached hydrogens (tertiary/aromatic N) is 1. The van der Waals surface area contributed by atoms with Crippen molar-refractivity contribution in [2.75, 3.05) is 13.2 Å². The lowest BCUT2D eigenvalue weighted by Crippen LogP contribution is -2.48. The summed E-state index contributed by atoms with van der Waals surface area (Å²) in [6.45, 7) is 6.19. The van der Waals surface area contributed by atoms with Crippen LogP contribution < -0.4 is 5.19 Å². The fourth-order valence-corrected chi connectivity index (χ4v) is 4.49. The van der Waals surface area contributed by atoms with Gasteiger partial charge in [-0.3, -0.25) is 0 Å². The number of pyridine rings is 1. The van der Waals surface area contributed by atoms with Gasteiger partial charge in [0.2, 0.25) is 0 Å². The van der Waals surface area contributed by atoms with Gasteiger partial charge in [-0.05, 0) is 19.0 Å². The lowest BCUT2D eigenvalue weighted by atomic mass is 10.1. The number of carbonyl (C=O) groups is 2. The van der Waals surface area contributed by atoms with Crippen LogP contribution in [0.15, 0.2) is 0 Å². The van der Waals surface area contributed by atoms with E-state index in [0.29, 0.717) is 0 Å². The van der Waals surface area contributed by atoms with Gasteiger partial charge in [-0.15, -0.1) is 0 Å². The van der Waals surface area contributed by atoms with Gasteiger partial charge in [0.25, 0.3) is 0 Å². The summed E-state index contributed by atoms with van der Waals surface area (Å²) in [5.41, 5.74) is -6.43. The number of halogens is 6. The molecule has 0 aliphatic heterocycles. The van der Waals surface area contributed by atoms with Crippen LogP contribution in [-0.2, 0) is 21.8 Å². The highest BCUT2D eigenvalue weighted by Crippen LogP contribution is 2.37. The molecule has 0 saturated heterocycles. The summed E-state index contributed by atoms with van der Waals surface area (Å²) in [5.74, 6) is -3.00. The minimum absolute atomic E-state index is 0.322. The van der Waals surface area contributed by atoms with Crippen molar-refractivity contribution in [3.8, 4) is 0 Å². The topological polar surface area (TPSA) is 65.5 Å². The number of hydrogen-bond acceptors (Lipinski definition) is 5. The molecule has 0 aliphatic rings. The average molecular weight is 431 g/mol. The SMILES string of the molecule is CCOC(=O)c1c(C(F)(F)F)nc(C(F)(F)F)c(C(=O)OCC)c1[Si](C)(C)C. The van der Waals surface area contributed by atoms with E-state index in [9.17, 15) is 35.9 Å². The number of hydrogen-bond donors (Lipinski definition) is 0. The Labute approximate surface area is 158 Å². The van der Waals surface area contributed by atoms with Crippen molar-refractivity contribution in [1.29, 1.82) is 0 Å². The number of ether oxygens (including phenoxy) is 2. The van der Waals surface area contributed by atoms with Crippen LogP contribution in [0, 0.1) is 0 Å². The molecule has 0 aliphatic carbocycles. The van der Waals surface area contributed by atoms with E-state index in [1.54, 1.807) is 0 Å². The largest absolute Gasteiger partial charge is 0.462 e. The fraction of sp³-hybridized carbons (Fsp3) is 0.562. The Bertz CT molecular complexity index is 714. The maximum absolute atomic E-state index is 13.5. The van der Waals surface area contributed by atoms with E-state index in [0.717, 1.165) is 0 Å². The molecule has 158 valence electrons. The van der Waals surface area contributed by atoms with E-state index in [4.69, 9.17) is 0 Å². The molecule has 0 saturated carbocycles. The Morgan fingerprint density at radius 3 is 1.36 bits per heavy atom. The molecule has 0 amide bonds. The molecule has 1 aromatic heterocycles. The lowest BCUT2D eigenvalue weighted by Gasteiger charge is -2.27. The van der Waals surface area contributed by atoms with Crippen LogP contribution in [0.5, 0.6) is 0 Å². The normalized spacial score (nSPS) is 12.7. The highest BCUT2D eigenvalue weighted by molar-refractivity contribution is 6.90. The second-order valence-electron chi connectivity index (χ2n) is 6.62. The summed E-state index contributed by atoms with van der Waals surface area (Å²) < 4.78 is 90.4. The predicted octanol–water partition coefficient (Wildman–Crippen LogP) is 4.02. The third-order valence-corrected chi connectivity index (χ3v) is 5.44. The average Bonchev–Trinajstić information content (AvgIpc) is 2.50. The van der Waals surface area contributed by atoms with Crippen molar-refractivity contribution < 1.29 is 45.4 Å². The molecular weight excluding hydrogens is 412 g/mol. The molecule has 1 heterocycles. The Morgan fingerprint density at radius 2 is 1.14 bits per heavy atom. The molecular formula is C16H19F6NO4Si. The van der Waals surface area contributed by atoms with E-state index >= 15 is 0 Å². The highest BCUT2D eigenvalue weighted by atomic mass is 28.3. The molecule has 0 aromatic carbocycles. The number of rotatable bonds is 5. The van der Waals surface area contributed by atoms with Gasteiger partial charge in [0, 0.05) is 0 Å². The van der Waals surface area contributed by atoms with Crippen molar-refractivity contribution >= 4 is 25.2 Å². The van der Waals surface area contributed by atoms with Crippen molar-refractivity contribution in [1.82, 2.24) is 4.98 Å². The zero-order valence-corrected chi connectivity index (χ0v) is 16.8. The Morgan fingerprint density at radius 1 is 0.821 bits per heavy atom. The van der Waals surface area contributed by atoms with Crippen molar-refractivity contribution in [2.45, 2.75) is 45.8 Å². The van der Waals surface area contributed by atoms with Crippen LogP contribution in [0.1, 0.15) is 46.0 Å². The number of carbonyl (C=O) groups excluding carboxylic acids is 2. The molecule has 0 bridgehead atoms. The first kappa shape index (κ1) is 23.9. The van der Waals surface area contributed by atoms with Gasteiger partial charge in [0.05, 0.1) is 32.4 Å². The molecule has 0 radical (unpaired) electrons. The van der Waals surface area contributed by atoms with Crippen molar-refractivity contribution in [2.24, 2.45) is 0 Å². The first-order valence-electron chi connectivity index (χ1n) is 8.14. The van der Waals surface area contributed by atoms with Crippen LogP contribution >= 0.6 is 0 Å². The van der Waals surface area contributed by atoms with Gasteiger partial charge in [0.1, 0.15) is 0 Å². The van der Waals surface area contributed by atoms with Crippen LogP contribution in [0.4, 0.5) is 26.3 Å². The summed E-state index contributed by atoms with van der Waals surface area (Å²) in [6, 6.07) is 0. The zero-order valence-electron chi connectivity index (χ0n) is 15.8. The first-order chi connectivity index (χ1) is 12.6. The molecule has 0 unspecified atom stereocenters. The van der Waals surface area contributed by atoms with Crippen LogP contribution in [0.2, 0.25) is 19.6 Å². The van der Waals surface area contributed by atoms with Crippen LogP contribution in [0.3, 0.4) is 0 Å². The van der Waals surface area contributed by atoms with Gasteiger partial charge < -0.3 is 9.47 Å². The third-order valence-electron chi connectivity index (χ3n) is 3.44. The number of alkyl halides is 6. The van der Waals surface area contributed by atoms with Crippen LogP contribution in [0.25, 0.3) is 0 Å². The molecule has 0 fully saturated rings. The van der Waals surface area contributed by atoms with Gasteiger partial charge in [-0.2, -0.15) is 26.3 Å². The maximum Gasteiger partial charge on any atom is 0.434 e. The van der Waals surface area contributed by atoms with Crippen molar-refractivity contribution in [3.05, 3.63) is 22.5 Å². The summed E-state index contributed by atoms with van der Waals surface area (Å²) in [7, 11) is -3.17. The van der Waals surface area contributed by atoms with Crippen molar-refractivity contribution in [3.63, 3.8) is 0 Å². The van der Waals surface area contributed by atoms with Gasteiger partial charge in [0.15, 0.2) is 11.4 Å². The number of esters is 2. The monoisotopic (exact) mass is 431 g/mol. The zero-order chi connectivity index (χ0) is 22.1. The second-order valence-corrected chi connectivity index (χ2v) is 11.6. The molecule has 0 atom stereocenters. The Kier molecular flexibility index (Phi) is 6.92. The first-order valence-corrected chi connectivity index (χ1v) is 11.6. The standard InChI is InChI=1S/C16H19F6NO4Si/c1-6-26-13(24)8-10(28(3,4)5)9(14(25)27-7-2)12(16(20,21)22)23-11(8)15(17,18)19/h6-7H2,1-5H3. The smallest absolute Gasteiger partial charge is 0.434 e. The quantitative estimate of drug-likeness (QED) is 0.400. The minimum atomic E-state index is -5.39. The highest BCUT2D eigenvalue weighted by Gasteiger charge is 2.49. The van der Waals surface area contributed by atoms with E-state index in [1.807, 2.05) is 0 Å². The molecule has 12 heteroatoms. The molecule has 0 N–H and O–H groups in total. The molecule has 28 heavy (non-hydrogen) atoms. The maximum atomic E-state index is 13.5. The van der Waals surface area contributed by atoms with E-state index < -0.39 is 60.1 Å². The number of aromatic nitrogens is 1. The van der Waals surface area contributed by atoms with E-state index in [2.05, 4.69) is 14.5 Å². The van der Waals surface area contributed by atoms with E-state index in [-0.39, 0.29) is 13.2 Å². The minimum Gasteiger partial charge on any atom is -0.462 e. The summed E-state index contributed by atoms with van der Waals surface area (Å²) in [5, 5.41) is -0.654. The summed E-state index contributed by atoms with van der Waals surface area (Å²) in [4.78, 5) is 27.3. The van der Waals surface area contributed by atoms with Gasteiger partial charge in [-0.1, -0.05) is 19.6 Å². The molecule has 0 spiro atoms. The van der Waals surface area contributed by atoms with Gasteiger partial charge >= 0.3 is 24.3 Å². The third kappa shape index (κ3) is 5.03. The fourth-order valence-electron chi connectivity index (χ4n) is 2.55. The Hall–Kier alpha value is -2.11. The Balaban J connectivity index is 4.26. The van der Waals surface area contributed by atoms with Crippen LogP contribution in [-0.4, -0.2) is 38.2 Å². The van der Waals surface area contributed by atoms with Gasteiger partial charge in [-0.25, -0.2) is 14.6 Å². The van der Waals surface area contributed by atoms with E-state index in [1.165, 1.54) is 33.5 Å². The summed E-state index contributed by atoms with van der Waals surface area (Å²) >= 11 is 0. The lowest BCUT2D eigenvalue weighted by molar-refractivity contribution is -0.150. The molecule has 1 rings (SSSR count). The predicted molar refractivity (Wildman–Crippen MR) is 89.1 cm³/mol. The molecule has 1 aromatic rings. The second kappa shape index (κ2) is 8.09.